The molecule has 1 nitrogen and oxygen atoms in total. The maximum atomic E-state index is 4.31. The fourth-order valence-electron chi connectivity index (χ4n) is 1.29. The Hall–Kier alpha value is -0.851. The van der Waals surface area contributed by atoms with E-state index in [1.807, 2.05) is 24.4 Å². The average molecular weight is 221 g/mol. The molecule has 12 heavy (non-hydrogen) atoms. The van der Waals surface area contributed by atoms with Gasteiger partial charge in [0.15, 0.2) is 0 Å². The van der Waals surface area contributed by atoms with Crippen LogP contribution in [-0.4, -0.2) is 21.0 Å². The Morgan fingerprint density at radius 2 is 2.08 bits per heavy atom. The van der Waals surface area contributed by atoms with Crippen LogP contribution in [0.3, 0.4) is 0 Å². The standard InChI is InChI=1S/C10H9NSe/c1-7-5-6-11-10-8(7)3-2-4-9(10)12/h2-6,12H,1H3/p-1. The van der Waals surface area contributed by atoms with Crippen LogP contribution in [0.4, 0.5) is 0 Å². The van der Waals surface area contributed by atoms with E-state index in [0.717, 1.165) is 9.98 Å². The molecule has 0 spiro atoms. The number of aryl methyl sites for hydroxylation is 1. The molecule has 0 bridgehead atoms. The number of rotatable bonds is 0. The van der Waals surface area contributed by atoms with Crippen LogP contribution in [0.25, 0.3) is 10.9 Å². The quantitative estimate of drug-likeness (QED) is 0.612. The first kappa shape index (κ1) is 7.78. The SMILES string of the molecule is Cc1ccnc2c([Se-])cccc12. The van der Waals surface area contributed by atoms with E-state index < -0.39 is 0 Å². The summed E-state index contributed by atoms with van der Waals surface area (Å²) in [5.74, 6) is 0. The van der Waals surface area contributed by atoms with Crippen LogP contribution in [0, 0.1) is 6.92 Å². The van der Waals surface area contributed by atoms with Crippen LogP contribution in [0.5, 0.6) is 0 Å². The van der Waals surface area contributed by atoms with Gasteiger partial charge in [-0.2, -0.15) is 0 Å². The first-order valence-corrected chi connectivity index (χ1v) is 4.66. The number of benzene rings is 1. The van der Waals surface area contributed by atoms with Gasteiger partial charge in [0.2, 0.25) is 0 Å². The van der Waals surface area contributed by atoms with Gasteiger partial charge in [-0.25, -0.2) is 0 Å². The number of pyridine rings is 1. The second-order valence-electron chi connectivity index (χ2n) is 2.78. The van der Waals surface area contributed by atoms with Crippen molar-refractivity contribution in [3.05, 3.63) is 36.0 Å². The van der Waals surface area contributed by atoms with Gasteiger partial charge in [0.1, 0.15) is 0 Å². The average Bonchev–Trinajstić information content (AvgIpc) is 2.07. The van der Waals surface area contributed by atoms with Crippen molar-refractivity contribution in [3.63, 3.8) is 0 Å². The van der Waals surface area contributed by atoms with Crippen molar-refractivity contribution in [1.82, 2.24) is 4.98 Å². The van der Waals surface area contributed by atoms with Crippen LogP contribution >= 0.6 is 0 Å². The van der Waals surface area contributed by atoms with Crippen molar-refractivity contribution >= 4 is 31.4 Å². The predicted octanol–water partition coefficient (Wildman–Crippen LogP) is 1.34. The molecule has 2 heteroatoms. The Morgan fingerprint density at radius 3 is 2.83 bits per heavy atom. The molecule has 0 N–H and O–H groups in total. The number of aromatic nitrogens is 1. The first-order chi connectivity index (χ1) is 5.79. The maximum absolute atomic E-state index is 4.31. The zero-order valence-corrected chi connectivity index (χ0v) is 8.46. The third-order valence-corrected chi connectivity index (χ3v) is 2.64. The van der Waals surface area contributed by atoms with Crippen LogP contribution in [0.15, 0.2) is 30.5 Å². The van der Waals surface area contributed by atoms with Crippen LogP contribution < -0.4 is 4.46 Å². The van der Waals surface area contributed by atoms with E-state index in [1.165, 1.54) is 10.9 Å². The predicted molar refractivity (Wildman–Crippen MR) is 51.9 cm³/mol. The molecule has 0 aliphatic rings. The molecule has 1 aromatic heterocycles. The second kappa shape index (κ2) is 2.89. The van der Waals surface area contributed by atoms with Gasteiger partial charge in [0, 0.05) is 0 Å². The van der Waals surface area contributed by atoms with Gasteiger partial charge >= 0.3 is 79.3 Å². The van der Waals surface area contributed by atoms with Crippen LogP contribution in [0.2, 0.25) is 0 Å². The van der Waals surface area contributed by atoms with Crippen molar-refractivity contribution < 1.29 is 0 Å². The summed E-state index contributed by atoms with van der Waals surface area (Å²) in [5, 5.41) is 1.23. The minimum atomic E-state index is 1.07. The summed E-state index contributed by atoms with van der Waals surface area (Å²) in [7, 11) is 0. The Morgan fingerprint density at radius 1 is 1.25 bits per heavy atom. The van der Waals surface area contributed by atoms with E-state index in [2.05, 4.69) is 34.0 Å². The molecular formula is C10H8NSe-. The fourth-order valence-corrected chi connectivity index (χ4v) is 1.79. The molecule has 0 aliphatic heterocycles. The van der Waals surface area contributed by atoms with Crippen molar-refractivity contribution in [1.29, 1.82) is 0 Å². The van der Waals surface area contributed by atoms with Gasteiger partial charge in [0.25, 0.3) is 0 Å². The molecule has 2 rings (SSSR count). The molecule has 2 aromatic rings. The number of hydrogen-bond acceptors (Lipinski definition) is 1. The molecule has 0 radical (unpaired) electrons. The summed E-state index contributed by atoms with van der Waals surface area (Å²) in [4.78, 5) is 4.31. The van der Waals surface area contributed by atoms with Gasteiger partial charge in [-0.05, 0) is 0 Å². The van der Waals surface area contributed by atoms with E-state index in [1.54, 1.807) is 0 Å². The summed E-state index contributed by atoms with van der Waals surface area (Å²) in [5.41, 5.74) is 2.34. The molecule has 0 unspecified atom stereocenters. The summed E-state index contributed by atoms with van der Waals surface area (Å²) >= 11 is 3.01. The molecule has 1 aromatic carbocycles. The molecule has 0 saturated carbocycles. The summed E-state index contributed by atoms with van der Waals surface area (Å²) in [6, 6.07) is 8.21. The second-order valence-corrected chi connectivity index (χ2v) is 3.70. The van der Waals surface area contributed by atoms with Crippen molar-refractivity contribution in [3.8, 4) is 0 Å². The van der Waals surface area contributed by atoms with E-state index >= 15 is 0 Å². The van der Waals surface area contributed by atoms with Gasteiger partial charge in [0.05, 0.1) is 0 Å². The Labute approximate surface area is 79.6 Å². The van der Waals surface area contributed by atoms with E-state index in [9.17, 15) is 0 Å². The van der Waals surface area contributed by atoms with Crippen molar-refractivity contribution in [2.24, 2.45) is 0 Å². The van der Waals surface area contributed by atoms with Crippen molar-refractivity contribution in [2.45, 2.75) is 6.92 Å². The molecule has 0 fully saturated rings. The van der Waals surface area contributed by atoms with Gasteiger partial charge in [-0.15, -0.1) is 0 Å². The Kier molecular flexibility index (Phi) is 1.87. The van der Waals surface area contributed by atoms with E-state index in [4.69, 9.17) is 0 Å². The monoisotopic (exact) mass is 222 g/mol. The number of nitrogens with zero attached hydrogens (tertiary/aromatic N) is 1. The molecule has 60 valence electrons. The van der Waals surface area contributed by atoms with Gasteiger partial charge < -0.3 is 0 Å². The zero-order valence-electron chi connectivity index (χ0n) is 6.74. The normalized spacial score (nSPS) is 10.4. The van der Waals surface area contributed by atoms with Crippen LogP contribution in [0.1, 0.15) is 5.56 Å². The Balaban J connectivity index is 2.94. The van der Waals surface area contributed by atoms with Gasteiger partial charge in [-0.1, -0.05) is 0 Å². The molecule has 0 saturated heterocycles. The molecule has 0 aliphatic carbocycles. The van der Waals surface area contributed by atoms with Crippen molar-refractivity contribution in [2.75, 3.05) is 0 Å². The summed E-state index contributed by atoms with van der Waals surface area (Å²) < 4.78 is 1.12. The summed E-state index contributed by atoms with van der Waals surface area (Å²) in [6.45, 7) is 2.10. The van der Waals surface area contributed by atoms with E-state index in [-0.39, 0.29) is 0 Å². The minimum absolute atomic E-state index is 1.07. The van der Waals surface area contributed by atoms with Crippen LogP contribution in [-0.2, 0) is 0 Å². The number of hydrogen-bond donors (Lipinski definition) is 0. The molecule has 0 amide bonds. The van der Waals surface area contributed by atoms with E-state index in [0.29, 0.717) is 0 Å². The molecular weight excluding hydrogens is 213 g/mol. The summed E-state index contributed by atoms with van der Waals surface area (Å²) in [6.07, 6.45) is 1.85. The zero-order chi connectivity index (χ0) is 8.55. The number of fused-ring (bicyclic) bond motifs is 1. The molecule has 1 heterocycles. The third kappa shape index (κ3) is 1.13. The first-order valence-electron chi connectivity index (χ1n) is 3.80. The third-order valence-electron chi connectivity index (χ3n) is 1.95. The number of para-hydroxylation sites is 1. The fraction of sp³-hybridized carbons (Fsp3) is 0.100. The Bertz CT molecular complexity index is 382. The topological polar surface area (TPSA) is 12.9 Å². The molecule has 0 atom stereocenters. The van der Waals surface area contributed by atoms with Gasteiger partial charge in [-0.3, -0.25) is 0 Å².